The molecule has 0 spiro atoms. The maximum absolute atomic E-state index is 13.0. The summed E-state index contributed by atoms with van der Waals surface area (Å²) in [7, 11) is -2.04. The highest BCUT2D eigenvalue weighted by atomic mass is 79.9. The Kier molecular flexibility index (Phi) is 5.68. The molecule has 0 atom stereocenters. The smallest absolute Gasteiger partial charge is 0.247 e. The predicted octanol–water partition coefficient (Wildman–Crippen LogP) is 3.80. The van der Waals surface area contributed by atoms with E-state index in [1.807, 2.05) is 6.92 Å². The maximum Gasteiger partial charge on any atom is 0.247 e. The Morgan fingerprint density at radius 1 is 1.29 bits per heavy atom. The third-order valence-corrected chi connectivity index (χ3v) is 6.55. The van der Waals surface area contributed by atoms with Crippen LogP contribution in [0.3, 0.4) is 0 Å². The molecule has 1 aromatic rings. The lowest BCUT2D eigenvalue weighted by molar-refractivity contribution is 0.260. The normalized spacial score (nSPS) is 17.1. The van der Waals surface area contributed by atoms with Crippen LogP contribution in [-0.4, -0.2) is 32.4 Å². The van der Waals surface area contributed by atoms with Crippen LogP contribution in [0.25, 0.3) is 0 Å². The monoisotopic (exact) mass is 375 g/mol. The van der Waals surface area contributed by atoms with E-state index >= 15 is 0 Å². The van der Waals surface area contributed by atoms with Crippen LogP contribution in [0.15, 0.2) is 27.6 Å². The maximum atomic E-state index is 13.0. The highest BCUT2D eigenvalue weighted by molar-refractivity contribution is 9.10. The van der Waals surface area contributed by atoms with Crippen molar-refractivity contribution in [3.8, 4) is 5.75 Å². The first-order valence-electron chi connectivity index (χ1n) is 7.36. The molecule has 1 aromatic carbocycles. The molecular formula is C15H22BrNO3S. The molecule has 4 nitrogen and oxygen atoms in total. The van der Waals surface area contributed by atoms with Crippen molar-refractivity contribution in [1.82, 2.24) is 4.31 Å². The molecule has 0 heterocycles. The van der Waals surface area contributed by atoms with Gasteiger partial charge in [-0.3, -0.25) is 0 Å². The summed E-state index contributed by atoms with van der Waals surface area (Å²) in [6.07, 6.45) is 5.31. The molecule has 6 heteroatoms. The predicted molar refractivity (Wildman–Crippen MR) is 87.1 cm³/mol. The summed E-state index contributed by atoms with van der Waals surface area (Å²) >= 11 is 3.35. The second-order valence-electron chi connectivity index (χ2n) is 5.30. The molecule has 0 saturated heterocycles. The van der Waals surface area contributed by atoms with Crippen LogP contribution in [0.2, 0.25) is 0 Å². The summed E-state index contributed by atoms with van der Waals surface area (Å²) in [6, 6.07) is 5.21. The lowest BCUT2D eigenvalue weighted by atomic mass is 9.95. The van der Waals surface area contributed by atoms with E-state index in [2.05, 4.69) is 15.9 Å². The summed E-state index contributed by atoms with van der Waals surface area (Å²) in [6.45, 7) is 2.39. The Morgan fingerprint density at radius 2 is 1.95 bits per heavy atom. The van der Waals surface area contributed by atoms with Crippen molar-refractivity contribution in [1.29, 1.82) is 0 Å². The van der Waals surface area contributed by atoms with Crippen molar-refractivity contribution in [2.75, 3.05) is 13.7 Å². The van der Waals surface area contributed by atoms with E-state index in [0.29, 0.717) is 12.3 Å². The first-order valence-corrected chi connectivity index (χ1v) is 9.59. The zero-order valence-electron chi connectivity index (χ0n) is 12.5. The van der Waals surface area contributed by atoms with E-state index in [4.69, 9.17) is 4.74 Å². The average Bonchev–Trinajstić information content (AvgIpc) is 2.49. The number of halogens is 1. The number of ether oxygens (including phenoxy) is 1. The summed E-state index contributed by atoms with van der Waals surface area (Å²) in [5.41, 5.74) is 0. The third-order valence-electron chi connectivity index (χ3n) is 4.01. The van der Waals surface area contributed by atoms with Crippen molar-refractivity contribution in [2.24, 2.45) is 0 Å². The van der Waals surface area contributed by atoms with Crippen LogP contribution < -0.4 is 4.74 Å². The second-order valence-corrected chi connectivity index (χ2v) is 8.07. The Hall–Kier alpha value is -0.590. The quantitative estimate of drug-likeness (QED) is 0.785. The van der Waals surface area contributed by atoms with Crippen molar-refractivity contribution in [3.63, 3.8) is 0 Å². The number of hydrogen-bond donors (Lipinski definition) is 0. The van der Waals surface area contributed by atoms with Crippen LogP contribution in [0.1, 0.15) is 39.0 Å². The van der Waals surface area contributed by atoms with Gasteiger partial charge in [0, 0.05) is 17.1 Å². The Bertz CT molecular complexity index is 583. The summed E-state index contributed by atoms with van der Waals surface area (Å²) in [4.78, 5) is 0.242. The molecule has 1 saturated carbocycles. The molecule has 0 radical (unpaired) electrons. The van der Waals surface area contributed by atoms with Crippen LogP contribution in [0.5, 0.6) is 5.75 Å². The number of sulfonamides is 1. The van der Waals surface area contributed by atoms with Crippen LogP contribution in [-0.2, 0) is 10.0 Å². The fraction of sp³-hybridized carbons (Fsp3) is 0.600. The standard InChI is InChI=1S/C15H22BrNO3S/c1-3-17(13-7-5-4-6-8-13)21(18,19)15-11-12(16)9-10-14(15)20-2/h9-11,13H,3-8H2,1-2H3. The van der Waals surface area contributed by atoms with Crippen LogP contribution >= 0.6 is 15.9 Å². The minimum absolute atomic E-state index is 0.109. The molecule has 0 amide bonds. The van der Waals surface area contributed by atoms with E-state index in [1.54, 1.807) is 22.5 Å². The number of benzene rings is 1. The van der Waals surface area contributed by atoms with E-state index < -0.39 is 10.0 Å². The molecule has 118 valence electrons. The first kappa shape index (κ1) is 16.8. The van der Waals surface area contributed by atoms with Crippen LogP contribution in [0, 0.1) is 0 Å². The van der Waals surface area contributed by atoms with Crippen molar-refractivity contribution < 1.29 is 13.2 Å². The van der Waals surface area contributed by atoms with Gasteiger partial charge in [0.2, 0.25) is 10.0 Å². The van der Waals surface area contributed by atoms with Gasteiger partial charge in [0.25, 0.3) is 0 Å². The van der Waals surface area contributed by atoms with Gasteiger partial charge in [-0.05, 0) is 31.0 Å². The zero-order valence-corrected chi connectivity index (χ0v) is 14.9. The molecule has 1 aliphatic rings. The third kappa shape index (κ3) is 3.60. The van der Waals surface area contributed by atoms with Gasteiger partial charge in [0.05, 0.1) is 7.11 Å². The van der Waals surface area contributed by atoms with Crippen molar-refractivity contribution >= 4 is 26.0 Å². The molecule has 0 aliphatic heterocycles. The average molecular weight is 376 g/mol. The lowest BCUT2D eigenvalue weighted by Crippen LogP contribution is -2.41. The molecule has 0 N–H and O–H groups in total. The number of hydrogen-bond acceptors (Lipinski definition) is 3. The largest absolute Gasteiger partial charge is 0.495 e. The van der Waals surface area contributed by atoms with Gasteiger partial charge in [-0.25, -0.2) is 8.42 Å². The highest BCUT2D eigenvalue weighted by Crippen LogP contribution is 2.33. The fourth-order valence-corrected chi connectivity index (χ4v) is 5.36. The molecule has 0 bridgehead atoms. The van der Waals surface area contributed by atoms with Crippen molar-refractivity contribution in [2.45, 2.75) is 50.0 Å². The summed E-state index contributed by atoms with van der Waals surface area (Å²) in [5, 5.41) is 0. The molecular weight excluding hydrogens is 354 g/mol. The minimum Gasteiger partial charge on any atom is -0.495 e. The summed E-state index contributed by atoms with van der Waals surface area (Å²) in [5.74, 6) is 0.396. The molecule has 1 aliphatic carbocycles. The molecule has 21 heavy (non-hydrogen) atoms. The summed E-state index contributed by atoms with van der Waals surface area (Å²) < 4.78 is 33.7. The second kappa shape index (κ2) is 7.11. The number of nitrogens with zero attached hydrogens (tertiary/aromatic N) is 1. The van der Waals surface area contributed by atoms with Gasteiger partial charge in [0.15, 0.2) is 0 Å². The Balaban J connectivity index is 2.41. The first-order chi connectivity index (χ1) is 10.0. The van der Waals surface area contributed by atoms with Gasteiger partial charge in [-0.2, -0.15) is 4.31 Å². The van der Waals surface area contributed by atoms with Gasteiger partial charge in [-0.1, -0.05) is 42.1 Å². The SMILES string of the molecule is CCN(C1CCCCC1)S(=O)(=O)c1cc(Br)ccc1OC. The van der Waals surface area contributed by atoms with E-state index in [0.717, 1.165) is 30.2 Å². The highest BCUT2D eigenvalue weighted by Gasteiger charge is 2.33. The van der Waals surface area contributed by atoms with Crippen LogP contribution in [0.4, 0.5) is 0 Å². The lowest BCUT2D eigenvalue weighted by Gasteiger charge is -2.32. The molecule has 1 fully saturated rings. The van der Waals surface area contributed by atoms with E-state index in [-0.39, 0.29) is 10.9 Å². The van der Waals surface area contributed by atoms with Gasteiger partial charge in [-0.15, -0.1) is 0 Å². The van der Waals surface area contributed by atoms with Crippen molar-refractivity contribution in [3.05, 3.63) is 22.7 Å². The van der Waals surface area contributed by atoms with Gasteiger partial charge < -0.3 is 4.74 Å². The minimum atomic E-state index is -3.54. The van der Waals surface area contributed by atoms with Gasteiger partial charge in [0.1, 0.15) is 10.6 Å². The number of rotatable bonds is 5. The van der Waals surface area contributed by atoms with E-state index in [9.17, 15) is 8.42 Å². The fourth-order valence-electron chi connectivity index (χ4n) is 2.97. The topological polar surface area (TPSA) is 46.6 Å². The van der Waals surface area contributed by atoms with E-state index in [1.165, 1.54) is 13.5 Å². The Labute approximate surface area is 135 Å². The van der Waals surface area contributed by atoms with Gasteiger partial charge >= 0.3 is 0 Å². The molecule has 0 aromatic heterocycles. The zero-order chi connectivity index (χ0) is 15.5. The number of methoxy groups -OCH3 is 1. The Morgan fingerprint density at radius 3 is 2.52 bits per heavy atom. The molecule has 2 rings (SSSR count). The molecule has 0 unspecified atom stereocenters.